The van der Waals surface area contributed by atoms with E-state index in [2.05, 4.69) is 13.8 Å². The number of aliphatic hydroxyl groups excluding tert-OH is 1. The summed E-state index contributed by atoms with van der Waals surface area (Å²) in [6.07, 6.45) is 12.9. The summed E-state index contributed by atoms with van der Waals surface area (Å²) in [5.41, 5.74) is 0. The fourth-order valence-electron chi connectivity index (χ4n) is 2.99. The van der Waals surface area contributed by atoms with E-state index in [1.807, 2.05) is 0 Å². The van der Waals surface area contributed by atoms with Crippen LogP contribution in [0.5, 0.6) is 0 Å². The molecule has 0 saturated heterocycles. The molecule has 0 aromatic heterocycles. The summed E-state index contributed by atoms with van der Waals surface area (Å²) >= 11 is 0. The lowest BCUT2D eigenvalue weighted by Crippen LogP contribution is -2.33. The maximum absolute atomic E-state index is 11.5. The maximum Gasteiger partial charge on any atom is 0.270 e. The molecule has 5 heteroatoms. The van der Waals surface area contributed by atoms with Gasteiger partial charge in [-0.05, 0) is 12.8 Å². The Hall–Kier alpha value is -0.130. The molecular weight excluding hydrogens is 312 g/mol. The first-order chi connectivity index (χ1) is 10.9. The molecule has 0 saturated carbocycles. The second kappa shape index (κ2) is 14.2. The molecule has 4 nitrogen and oxygen atoms in total. The van der Waals surface area contributed by atoms with Gasteiger partial charge in [-0.1, -0.05) is 90.9 Å². The van der Waals surface area contributed by atoms with Crippen molar-refractivity contribution < 1.29 is 18.1 Å². The first-order valence-electron chi connectivity index (χ1n) is 9.57. The van der Waals surface area contributed by atoms with Crippen LogP contribution in [0.4, 0.5) is 0 Å². The van der Waals surface area contributed by atoms with Crippen molar-refractivity contribution in [1.29, 1.82) is 0 Å². The van der Waals surface area contributed by atoms with Crippen LogP contribution in [0, 0.1) is 0 Å². The Balaban J connectivity index is 4.02. The van der Waals surface area contributed by atoms with Gasteiger partial charge < -0.3 is 5.11 Å². The summed E-state index contributed by atoms with van der Waals surface area (Å²) in [7, 11) is -4.16. The number of hydrogen-bond donors (Lipinski definition) is 2. The molecule has 23 heavy (non-hydrogen) atoms. The van der Waals surface area contributed by atoms with Gasteiger partial charge in [-0.25, -0.2) is 0 Å². The molecule has 0 aromatic rings. The van der Waals surface area contributed by atoms with Crippen molar-refractivity contribution in [3.05, 3.63) is 0 Å². The summed E-state index contributed by atoms with van der Waals surface area (Å²) in [5, 5.41) is 9.12. The summed E-state index contributed by atoms with van der Waals surface area (Å²) < 4.78 is 32.4. The normalized spacial score (nSPS) is 14.8. The molecule has 2 atom stereocenters. The third kappa shape index (κ3) is 12.9. The van der Waals surface area contributed by atoms with Crippen LogP contribution in [-0.2, 0) is 10.1 Å². The van der Waals surface area contributed by atoms with E-state index in [1.54, 1.807) is 0 Å². The fourth-order valence-corrected chi connectivity index (χ4v) is 3.98. The zero-order valence-electron chi connectivity index (χ0n) is 15.2. The van der Waals surface area contributed by atoms with Gasteiger partial charge in [-0.2, -0.15) is 8.42 Å². The molecule has 0 aliphatic carbocycles. The Kier molecular flexibility index (Phi) is 14.2. The lowest BCUT2D eigenvalue weighted by molar-refractivity contribution is 0.146. The maximum atomic E-state index is 11.5. The van der Waals surface area contributed by atoms with Crippen LogP contribution in [0.25, 0.3) is 0 Å². The number of rotatable bonds is 16. The lowest BCUT2D eigenvalue weighted by atomic mass is 10.0. The molecule has 0 spiro atoms. The molecule has 0 fully saturated rings. The van der Waals surface area contributed by atoms with Crippen LogP contribution in [0.3, 0.4) is 0 Å². The zero-order chi connectivity index (χ0) is 17.6. The minimum absolute atomic E-state index is 0.364. The molecule has 0 aliphatic rings. The van der Waals surface area contributed by atoms with E-state index in [4.69, 9.17) is 0 Å². The smallest absolute Gasteiger partial charge is 0.270 e. The van der Waals surface area contributed by atoms with Gasteiger partial charge in [-0.3, -0.25) is 4.55 Å². The van der Waals surface area contributed by atoms with Crippen molar-refractivity contribution in [2.24, 2.45) is 0 Å². The Morgan fingerprint density at radius 3 is 1.52 bits per heavy atom. The largest absolute Gasteiger partial charge is 0.392 e. The van der Waals surface area contributed by atoms with Crippen molar-refractivity contribution in [3.63, 3.8) is 0 Å². The number of aliphatic hydroxyl groups is 1. The standard InChI is InChI=1S/C18H38O4S/c1-3-5-7-9-10-12-14-16-18(23(20,21)22)17(19)15-13-11-8-6-4-2/h17-19H,3-16H2,1-2H3,(H,20,21,22). The predicted molar refractivity (Wildman–Crippen MR) is 97.3 cm³/mol. The fraction of sp³-hybridized carbons (Fsp3) is 1.00. The highest BCUT2D eigenvalue weighted by Crippen LogP contribution is 2.20. The number of unbranched alkanes of at least 4 members (excludes halogenated alkanes) is 10. The average molecular weight is 351 g/mol. The molecule has 0 amide bonds. The van der Waals surface area contributed by atoms with Gasteiger partial charge >= 0.3 is 0 Å². The second-order valence-electron chi connectivity index (χ2n) is 6.73. The van der Waals surface area contributed by atoms with Crippen molar-refractivity contribution >= 4 is 10.1 Å². The Bertz CT molecular complexity index is 354. The molecule has 0 radical (unpaired) electrons. The van der Waals surface area contributed by atoms with Crippen molar-refractivity contribution in [3.8, 4) is 0 Å². The third-order valence-electron chi connectivity index (χ3n) is 4.51. The molecule has 140 valence electrons. The molecule has 2 N–H and O–H groups in total. The molecule has 0 heterocycles. The van der Waals surface area contributed by atoms with Crippen LogP contribution >= 0.6 is 0 Å². The summed E-state index contributed by atoms with van der Waals surface area (Å²) in [5.74, 6) is 0. The number of hydrogen-bond acceptors (Lipinski definition) is 3. The first kappa shape index (κ1) is 22.9. The van der Waals surface area contributed by atoms with E-state index in [9.17, 15) is 18.1 Å². The van der Waals surface area contributed by atoms with Gasteiger partial charge in [0.15, 0.2) is 0 Å². The monoisotopic (exact) mass is 350 g/mol. The van der Waals surface area contributed by atoms with Crippen LogP contribution in [0.1, 0.15) is 104 Å². The molecule has 0 aromatic carbocycles. The Labute approximate surface area is 143 Å². The van der Waals surface area contributed by atoms with Crippen LogP contribution in [-0.4, -0.2) is 29.4 Å². The topological polar surface area (TPSA) is 74.6 Å². The summed E-state index contributed by atoms with van der Waals surface area (Å²) in [6.45, 7) is 4.33. The van der Waals surface area contributed by atoms with Crippen LogP contribution in [0.2, 0.25) is 0 Å². The Morgan fingerprint density at radius 2 is 1.09 bits per heavy atom. The van der Waals surface area contributed by atoms with Gasteiger partial charge in [0.1, 0.15) is 5.25 Å². The van der Waals surface area contributed by atoms with Gasteiger partial charge in [0.05, 0.1) is 6.10 Å². The SMILES string of the molecule is CCCCCCCCCC(C(O)CCCCCCC)S(=O)(=O)O. The average Bonchev–Trinajstić information content (AvgIpc) is 2.48. The van der Waals surface area contributed by atoms with E-state index >= 15 is 0 Å². The molecular formula is C18H38O4S. The molecule has 0 rings (SSSR count). The van der Waals surface area contributed by atoms with E-state index in [1.165, 1.54) is 32.1 Å². The van der Waals surface area contributed by atoms with Crippen LogP contribution in [0.15, 0.2) is 0 Å². The van der Waals surface area contributed by atoms with E-state index in [-0.39, 0.29) is 0 Å². The highest BCUT2D eigenvalue weighted by molar-refractivity contribution is 7.86. The molecule has 2 unspecified atom stereocenters. The molecule has 0 bridgehead atoms. The van der Waals surface area contributed by atoms with Gasteiger partial charge in [0, 0.05) is 0 Å². The van der Waals surface area contributed by atoms with Crippen molar-refractivity contribution in [2.45, 2.75) is 115 Å². The van der Waals surface area contributed by atoms with E-state index < -0.39 is 21.5 Å². The summed E-state index contributed by atoms with van der Waals surface area (Å²) in [6, 6.07) is 0. The molecule has 0 aliphatic heterocycles. The van der Waals surface area contributed by atoms with Crippen LogP contribution < -0.4 is 0 Å². The highest BCUT2D eigenvalue weighted by atomic mass is 32.2. The lowest BCUT2D eigenvalue weighted by Gasteiger charge is -2.20. The minimum Gasteiger partial charge on any atom is -0.392 e. The van der Waals surface area contributed by atoms with Crippen molar-refractivity contribution in [1.82, 2.24) is 0 Å². The third-order valence-corrected chi connectivity index (χ3v) is 5.82. The van der Waals surface area contributed by atoms with Crippen molar-refractivity contribution in [2.75, 3.05) is 0 Å². The quantitative estimate of drug-likeness (QED) is 0.300. The Morgan fingerprint density at radius 1 is 0.696 bits per heavy atom. The minimum atomic E-state index is -4.16. The predicted octanol–water partition coefficient (Wildman–Crippen LogP) is 5.10. The second-order valence-corrected chi connectivity index (χ2v) is 8.37. The van der Waals surface area contributed by atoms with Gasteiger partial charge in [-0.15, -0.1) is 0 Å². The van der Waals surface area contributed by atoms with E-state index in [0.29, 0.717) is 12.8 Å². The van der Waals surface area contributed by atoms with E-state index in [0.717, 1.165) is 44.9 Å². The van der Waals surface area contributed by atoms with Gasteiger partial charge in [0.2, 0.25) is 0 Å². The first-order valence-corrected chi connectivity index (χ1v) is 11.1. The van der Waals surface area contributed by atoms with Gasteiger partial charge in [0.25, 0.3) is 10.1 Å². The highest BCUT2D eigenvalue weighted by Gasteiger charge is 2.29. The zero-order valence-corrected chi connectivity index (χ0v) is 16.0. The summed E-state index contributed by atoms with van der Waals surface area (Å²) in [4.78, 5) is 0.